The van der Waals surface area contributed by atoms with Crippen molar-refractivity contribution in [1.29, 1.82) is 0 Å². The summed E-state index contributed by atoms with van der Waals surface area (Å²) in [6.07, 6.45) is 4.79. The van der Waals surface area contributed by atoms with Gasteiger partial charge in [-0.1, -0.05) is 179 Å². The van der Waals surface area contributed by atoms with Crippen molar-refractivity contribution >= 4 is 32.0 Å². The van der Waals surface area contributed by atoms with Crippen LogP contribution in [-0.2, 0) is 0 Å². The molecule has 6 aromatic carbocycles. The van der Waals surface area contributed by atoms with Crippen molar-refractivity contribution in [2.24, 2.45) is 0 Å². The molecule has 1 heteroatoms. The monoisotopic (exact) mass is 592 g/mol. The fourth-order valence-corrected chi connectivity index (χ4v) is 9.03. The van der Waals surface area contributed by atoms with Crippen molar-refractivity contribution in [3.63, 3.8) is 0 Å². The maximum absolute atomic E-state index is 2.40. The van der Waals surface area contributed by atoms with Gasteiger partial charge in [-0.2, -0.15) is 0 Å². The quantitative estimate of drug-likeness (QED) is 0.169. The number of fused-ring (bicyclic) bond motifs is 2. The van der Waals surface area contributed by atoms with Gasteiger partial charge in [-0.05, 0) is 69.5 Å². The molecule has 2 atom stereocenters. The summed E-state index contributed by atoms with van der Waals surface area (Å²) >= 11 is 0. The average Bonchev–Trinajstić information content (AvgIpc) is 3.61. The number of hydrogen-bond acceptors (Lipinski definition) is 0. The molecule has 0 bridgehead atoms. The van der Waals surface area contributed by atoms with Crippen LogP contribution in [0.15, 0.2) is 157 Å². The highest BCUT2D eigenvalue weighted by molar-refractivity contribution is 6.67. The number of hydrogen-bond donors (Lipinski definition) is 0. The number of benzene rings is 6. The van der Waals surface area contributed by atoms with Gasteiger partial charge in [0.05, 0.1) is 9.52 Å². The lowest BCUT2D eigenvalue weighted by molar-refractivity contribution is 0.978. The van der Waals surface area contributed by atoms with E-state index < -0.39 is 9.52 Å². The van der Waals surface area contributed by atoms with Crippen LogP contribution in [0.4, 0.5) is 0 Å². The molecule has 2 aliphatic carbocycles. The van der Waals surface area contributed by atoms with E-state index in [1.807, 2.05) is 0 Å². The molecule has 0 saturated carbocycles. The zero-order chi connectivity index (χ0) is 30.3. The minimum Gasteiger partial charge on any atom is -0.0630 e. The highest BCUT2D eigenvalue weighted by atomic mass is 28.2. The molecule has 8 rings (SSSR count). The van der Waals surface area contributed by atoms with Gasteiger partial charge < -0.3 is 0 Å². The largest absolute Gasteiger partial charge is 0.0875 e. The molecule has 6 aromatic rings. The Morgan fingerprint density at radius 1 is 0.400 bits per heavy atom. The zero-order valence-electron chi connectivity index (χ0n) is 25.9. The van der Waals surface area contributed by atoms with Crippen LogP contribution in [0.5, 0.6) is 0 Å². The van der Waals surface area contributed by atoms with E-state index in [1.165, 1.54) is 77.2 Å². The molecule has 0 radical (unpaired) electrons. The minimum atomic E-state index is -0.566. The molecule has 0 spiro atoms. The van der Waals surface area contributed by atoms with Crippen molar-refractivity contribution in [2.45, 2.75) is 25.7 Å². The Hall–Kier alpha value is -4.98. The van der Waals surface area contributed by atoms with Crippen LogP contribution >= 0.6 is 0 Å². The van der Waals surface area contributed by atoms with Crippen molar-refractivity contribution in [3.05, 3.63) is 190 Å². The summed E-state index contributed by atoms with van der Waals surface area (Å²) in [6.45, 7) is 4.57. The fraction of sp³-hybridized carbons (Fsp3) is 0.0909. The van der Waals surface area contributed by atoms with E-state index in [4.69, 9.17) is 0 Å². The summed E-state index contributed by atoms with van der Waals surface area (Å²) in [5.74, 6) is 0.651. The van der Waals surface area contributed by atoms with E-state index in [1.54, 1.807) is 0 Å². The van der Waals surface area contributed by atoms with Crippen LogP contribution < -0.4 is 10.4 Å². The van der Waals surface area contributed by atoms with Gasteiger partial charge in [-0.15, -0.1) is 0 Å². The van der Waals surface area contributed by atoms with E-state index in [-0.39, 0.29) is 0 Å². The second-order valence-electron chi connectivity index (χ2n) is 12.7. The molecule has 0 heterocycles. The Labute approximate surface area is 269 Å². The molecule has 0 aliphatic heterocycles. The van der Waals surface area contributed by atoms with Crippen LogP contribution in [0.25, 0.3) is 34.4 Å². The van der Waals surface area contributed by atoms with Gasteiger partial charge in [0.25, 0.3) is 0 Å². The first-order chi connectivity index (χ1) is 22.1. The molecule has 0 saturated heterocycles. The topological polar surface area (TPSA) is 0 Å². The highest BCUT2D eigenvalue weighted by Gasteiger charge is 2.27. The SMILES string of the molecule is CC1=Cc2c(-c3ccccc3)cccc2C1c1ccc([SiH2]c2ccc(C3C(C)=Cc4c(-c5ccccc5)cccc43)cc2)cc1. The van der Waals surface area contributed by atoms with Crippen LogP contribution in [-0.4, -0.2) is 9.52 Å². The van der Waals surface area contributed by atoms with Gasteiger partial charge in [-0.3, -0.25) is 0 Å². The number of rotatable bonds is 6. The lowest BCUT2D eigenvalue weighted by atomic mass is 9.87. The molecular formula is C44H36Si. The summed E-state index contributed by atoms with van der Waals surface area (Å²) < 4.78 is 0. The predicted molar refractivity (Wildman–Crippen MR) is 195 cm³/mol. The molecule has 2 aliphatic rings. The van der Waals surface area contributed by atoms with Gasteiger partial charge in [0.2, 0.25) is 0 Å². The molecule has 45 heavy (non-hydrogen) atoms. The van der Waals surface area contributed by atoms with Crippen LogP contribution in [0.1, 0.15) is 59.1 Å². The summed E-state index contributed by atoms with van der Waals surface area (Å²) in [4.78, 5) is 0. The highest BCUT2D eigenvalue weighted by Crippen LogP contribution is 2.45. The molecule has 0 aromatic heterocycles. The smallest absolute Gasteiger partial charge is 0.0630 e. The zero-order valence-corrected chi connectivity index (χ0v) is 27.3. The van der Waals surface area contributed by atoms with Gasteiger partial charge in [0, 0.05) is 11.8 Å². The van der Waals surface area contributed by atoms with Crippen molar-refractivity contribution in [2.75, 3.05) is 0 Å². The van der Waals surface area contributed by atoms with Crippen molar-refractivity contribution < 1.29 is 0 Å². The second kappa shape index (κ2) is 11.5. The Morgan fingerprint density at radius 2 is 0.800 bits per heavy atom. The number of allylic oxidation sites excluding steroid dienone is 2. The normalized spacial score (nSPS) is 16.8. The lowest BCUT2D eigenvalue weighted by Crippen LogP contribution is -2.27. The molecule has 2 unspecified atom stereocenters. The summed E-state index contributed by atoms with van der Waals surface area (Å²) in [5.41, 5.74) is 16.4. The van der Waals surface area contributed by atoms with Gasteiger partial charge >= 0.3 is 0 Å². The van der Waals surface area contributed by atoms with Crippen LogP contribution in [0, 0.1) is 0 Å². The average molecular weight is 593 g/mol. The van der Waals surface area contributed by atoms with E-state index in [2.05, 4.69) is 172 Å². The van der Waals surface area contributed by atoms with Crippen LogP contribution in [0.3, 0.4) is 0 Å². The molecular weight excluding hydrogens is 557 g/mol. The third-order valence-corrected chi connectivity index (χ3v) is 11.5. The van der Waals surface area contributed by atoms with Gasteiger partial charge in [-0.25, -0.2) is 0 Å². The summed E-state index contributed by atoms with van der Waals surface area (Å²) in [7, 11) is -0.566. The summed E-state index contributed by atoms with van der Waals surface area (Å²) in [5, 5.41) is 2.97. The van der Waals surface area contributed by atoms with Crippen molar-refractivity contribution in [3.8, 4) is 22.3 Å². The third-order valence-electron chi connectivity index (χ3n) is 9.76. The predicted octanol–water partition coefficient (Wildman–Crippen LogP) is 9.24. The Balaban J connectivity index is 1.01. The maximum Gasteiger partial charge on any atom is 0.0875 e. The fourth-order valence-electron chi connectivity index (χ4n) is 7.62. The molecule has 216 valence electrons. The van der Waals surface area contributed by atoms with E-state index >= 15 is 0 Å². The summed E-state index contributed by atoms with van der Waals surface area (Å²) in [6, 6.07) is 54.1. The molecule has 0 fully saturated rings. The first-order valence-corrected chi connectivity index (χ1v) is 17.5. The molecule has 0 amide bonds. The third kappa shape index (κ3) is 5.04. The molecule has 0 nitrogen and oxygen atoms in total. The van der Waals surface area contributed by atoms with E-state index in [0.29, 0.717) is 11.8 Å². The van der Waals surface area contributed by atoms with Gasteiger partial charge in [0.1, 0.15) is 0 Å². The maximum atomic E-state index is 2.40. The van der Waals surface area contributed by atoms with E-state index in [9.17, 15) is 0 Å². The Kier molecular flexibility index (Phi) is 7.04. The molecule has 0 N–H and O–H groups in total. The standard InChI is InChI=1S/C44H36Si/c1-29-27-41-37(31-11-5-3-6-12-31)15-9-17-39(41)43(29)33-19-23-35(24-20-33)45-36-25-21-34(22-26-36)44-30(2)28-42-38(16-10-18-40(42)44)32-13-7-4-8-14-32/h3-28,43-44H,45H2,1-2H3. The van der Waals surface area contributed by atoms with Crippen molar-refractivity contribution in [1.82, 2.24) is 0 Å². The Morgan fingerprint density at radius 3 is 1.20 bits per heavy atom. The Bertz CT molecular complexity index is 1910. The first kappa shape index (κ1) is 27.6. The van der Waals surface area contributed by atoms with E-state index in [0.717, 1.165) is 0 Å². The lowest BCUT2D eigenvalue weighted by Gasteiger charge is -2.17. The minimum absolute atomic E-state index is 0.326. The van der Waals surface area contributed by atoms with Gasteiger partial charge in [0.15, 0.2) is 0 Å². The first-order valence-electron chi connectivity index (χ1n) is 16.0. The second-order valence-corrected chi connectivity index (χ2v) is 14.6. The van der Waals surface area contributed by atoms with Crippen LogP contribution in [0.2, 0.25) is 0 Å².